The maximum absolute atomic E-state index is 5.75. The summed E-state index contributed by atoms with van der Waals surface area (Å²) in [6, 6.07) is 0. The fourth-order valence-corrected chi connectivity index (χ4v) is 2.46. The van der Waals surface area contributed by atoms with Crippen molar-refractivity contribution in [1.29, 1.82) is 0 Å². The maximum Gasteiger partial charge on any atom is 0.195 e. The van der Waals surface area contributed by atoms with Crippen LogP contribution in [-0.4, -0.2) is 27.5 Å². The van der Waals surface area contributed by atoms with Gasteiger partial charge in [-0.15, -0.1) is 0 Å². The SMILES string of the molecule is CC(C)Cn1c(CC2CCCCO2)n[nH]c1=S. The van der Waals surface area contributed by atoms with Crippen LogP contribution >= 0.6 is 12.2 Å². The molecule has 2 heterocycles. The average molecular weight is 255 g/mol. The summed E-state index contributed by atoms with van der Waals surface area (Å²) >= 11 is 5.26. The van der Waals surface area contributed by atoms with Crippen molar-refractivity contribution in [3.8, 4) is 0 Å². The van der Waals surface area contributed by atoms with E-state index in [0.29, 0.717) is 12.0 Å². The molecule has 1 saturated heterocycles. The molecule has 0 bridgehead atoms. The van der Waals surface area contributed by atoms with Crippen molar-refractivity contribution < 1.29 is 4.74 Å². The summed E-state index contributed by atoms with van der Waals surface area (Å²) in [5, 5.41) is 7.22. The van der Waals surface area contributed by atoms with Crippen molar-refractivity contribution in [3.63, 3.8) is 0 Å². The first-order valence-electron chi connectivity index (χ1n) is 6.42. The molecule has 1 N–H and O–H groups in total. The first kappa shape index (κ1) is 12.8. The Bertz CT molecular complexity index is 404. The predicted octanol–water partition coefficient (Wildman–Crippen LogP) is 2.71. The molecule has 17 heavy (non-hydrogen) atoms. The van der Waals surface area contributed by atoms with Crippen LogP contribution in [0, 0.1) is 10.7 Å². The highest BCUT2D eigenvalue weighted by Gasteiger charge is 2.18. The van der Waals surface area contributed by atoms with E-state index in [1.165, 1.54) is 12.8 Å². The Kier molecular flexibility index (Phi) is 4.34. The Labute approximate surface area is 107 Å². The number of aromatic nitrogens is 3. The third-order valence-corrected chi connectivity index (χ3v) is 3.38. The summed E-state index contributed by atoms with van der Waals surface area (Å²) in [6.45, 7) is 6.20. The van der Waals surface area contributed by atoms with E-state index in [9.17, 15) is 0 Å². The minimum absolute atomic E-state index is 0.319. The van der Waals surface area contributed by atoms with Crippen molar-refractivity contribution in [2.75, 3.05) is 6.61 Å². The molecule has 1 atom stereocenters. The molecule has 2 rings (SSSR count). The Hall–Kier alpha value is -0.680. The molecule has 1 aliphatic heterocycles. The van der Waals surface area contributed by atoms with E-state index in [1.807, 2.05) is 0 Å². The van der Waals surface area contributed by atoms with Crippen LogP contribution in [0.1, 0.15) is 38.9 Å². The Balaban J connectivity index is 2.06. The number of nitrogens with one attached hydrogen (secondary N) is 1. The van der Waals surface area contributed by atoms with E-state index in [1.54, 1.807) is 0 Å². The van der Waals surface area contributed by atoms with Crippen LogP contribution in [0.25, 0.3) is 0 Å². The molecule has 5 heteroatoms. The van der Waals surface area contributed by atoms with Gasteiger partial charge in [-0.3, -0.25) is 5.10 Å². The molecule has 1 aromatic heterocycles. The van der Waals surface area contributed by atoms with Gasteiger partial charge in [-0.25, -0.2) is 0 Å². The summed E-state index contributed by atoms with van der Waals surface area (Å²) in [6.07, 6.45) is 4.79. The molecule has 1 unspecified atom stereocenters. The van der Waals surface area contributed by atoms with Crippen molar-refractivity contribution in [1.82, 2.24) is 14.8 Å². The summed E-state index contributed by atoms with van der Waals surface area (Å²) in [4.78, 5) is 0. The van der Waals surface area contributed by atoms with E-state index < -0.39 is 0 Å². The first-order chi connectivity index (χ1) is 8.16. The fraction of sp³-hybridized carbons (Fsp3) is 0.833. The van der Waals surface area contributed by atoms with Crippen LogP contribution in [0.4, 0.5) is 0 Å². The summed E-state index contributed by atoms with van der Waals surface area (Å²) in [5.41, 5.74) is 0. The number of nitrogens with zero attached hydrogens (tertiary/aromatic N) is 2. The van der Waals surface area contributed by atoms with Gasteiger partial charge in [0.25, 0.3) is 0 Å². The fourth-order valence-electron chi connectivity index (χ4n) is 2.23. The minimum atomic E-state index is 0.319. The molecule has 0 radical (unpaired) electrons. The lowest BCUT2D eigenvalue weighted by molar-refractivity contribution is 0.0150. The van der Waals surface area contributed by atoms with Crippen molar-refractivity contribution >= 4 is 12.2 Å². The molecule has 0 aliphatic carbocycles. The predicted molar refractivity (Wildman–Crippen MR) is 69.5 cm³/mol. The Morgan fingerprint density at radius 3 is 3.00 bits per heavy atom. The zero-order chi connectivity index (χ0) is 12.3. The van der Waals surface area contributed by atoms with Gasteiger partial charge < -0.3 is 9.30 Å². The molecular weight excluding hydrogens is 234 g/mol. The lowest BCUT2D eigenvalue weighted by Crippen LogP contribution is -2.23. The highest BCUT2D eigenvalue weighted by molar-refractivity contribution is 7.71. The van der Waals surface area contributed by atoms with E-state index in [-0.39, 0.29) is 0 Å². The number of hydrogen-bond acceptors (Lipinski definition) is 3. The van der Waals surface area contributed by atoms with Crippen molar-refractivity contribution in [2.24, 2.45) is 5.92 Å². The standard InChI is InChI=1S/C12H21N3OS/c1-9(2)8-15-11(13-14-12(15)17)7-10-5-3-4-6-16-10/h9-10H,3-8H2,1-2H3,(H,14,17). The van der Waals surface area contributed by atoms with Gasteiger partial charge in [-0.05, 0) is 37.4 Å². The molecule has 0 saturated carbocycles. The van der Waals surface area contributed by atoms with Gasteiger partial charge in [0.2, 0.25) is 0 Å². The van der Waals surface area contributed by atoms with Crippen LogP contribution in [0.3, 0.4) is 0 Å². The van der Waals surface area contributed by atoms with Crippen molar-refractivity contribution in [3.05, 3.63) is 10.6 Å². The second-order valence-corrected chi connectivity index (χ2v) is 5.53. The summed E-state index contributed by atoms with van der Waals surface area (Å²) in [5.74, 6) is 1.61. The molecule has 1 aromatic rings. The van der Waals surface area contributed by atoms with Crippen LogP contribution in [0.15, 0.2) is 0 Å². The number of hydrogen-bond donors (Lipinski definition) is 1. The van der Waals surface area contributed by atoms with Crippen LogP contribution < -0.4 is 0 Å². The third kappa shape index (κ3) is 3.39. The Morgan fingerprint density at radius 2 is 2.35 bits per heavy atom. The van der Waals surface area contributed by atoms with Gasteiger partial charge in [0, 0.05) is 19.6 Å². The molecule has 0 amide bonds. The quantitative estimate of drug-likeness (QED) is 0.841. The molecular formula is C12H21N3OS. The van der Waals surface area contributed by atoms with E-state index >= 15 is 0 Å². The largest absolute Gasteiger partial charge is 0.378 e. The average Bonchev–Trinajstić information content (AvgIpc) is 2.62. The lowest BCUT2D eigenvalue weighted by atomic mass is 10.1. The molecule has 1 fully saturated rings. The molecule has 0 spiro atoms. The molecule has 1 aliphatic rings. The minimum Gasteiger partial charge on any atom is -0.378 e. The van der Waals surface area contributed by atoms with E-state index in [4.69, 9.17) is 17.0 Å². The number of aromatic amines is 1. The zero-order valence-corrected chi connectivity index (χ0v) is 11.4. The van der Waals surface area contributed by atoms with Gasteiger partial charge in [0.05, 0.1) is 6.10 Å². The van der Waals surface area contributed by atoms with Gasteiger partial charge in [-0.2, -0.15) is 5.10 Å². The van der Waals surface area contributed by atoms with Crippen LogP contribution in [0.5, 0.6) is 0 Å². The topological polar surface area (TPSA) is 42.8 Å². The summed E-state index contributed by atoms with van der Waals surface area (Å²) in [7, 11) is 0. The van der Waals surface area contributed by atoms with Gasteiger partial charge in [0.15, 0.2) is 4.77 Å². The second kappa shape index (κ2) is 5.78. The van der Waals surface area contributed by atoms with Crippen LogP contribution in [-0.2, 0) is 17.7 Å². The van der Waals surface area contributed by atoms with Gasteiger partial charge >= 0.3 is 0 Å². The smallest absolute Gasteiger partial charge is 0.195 e. The molecule has 0 aromatic carbocycles. The second-order valence-electron chi connectivity index (χ2n) is 5.14. The van der Waals surface area contributed by atoms with Crippen molar-refractivity contribution in [2.45, 2.75) is 52.2 Å². The first-order valence-corrected chi connectivity index (χ1v) is 6.83. The lowest BCUT2D eigenvalue weighted by Gasteiger charge is -2.22. The number of ether oxygens (including phenoxy) is 1. The molecule has 4 nitrogen and oxygen atoms in total. The maximum atomic E-state index is 5.75. The number of H-pyrrole nitrogens is 1. The zero-order valence-electron chi connectivity index (χ0n) is 10.6. The third-order valence-electron chi connectivity index (χ3n) is 3.07. The number of rotatable bonds is 4. The van der Waals surface area contributed by atoms with E-state index in [0.717, 1.165) is 36.6 Å². The highest BCUT2D eigenvalue weighted by atomic mass is 32.1. The van der Waals surface area contributed by atoms with E-state index in [2.05, 4.69) is 28.6 Å². The van der Waals surface area contributed by atoms with Gasteiger partial charge in [-0.1, -0.05) is 13.8 Å². The Morgan fingerprint density at radius 1 is 1.53 bits per heavy atom. The van der Waals surface area contributed by atoms with Gasteiger partial charge in [0.1, 0.15) is 5.82 Å². The van der Waals surface area contributed by atoms with Crippen LogP contribution in [0.2, 0.25) is 0 Å². The monoisotopic (exact) mass is 255 g/mol. The highest BCUT2D eigenvalue weighted by Crippen LogP contribution is 2.17. The molecule has 96 valence electrons. The summed E-state index contributed by atoms with van der Waals surface area (Å²) < 4.78 is 8.59. The normalized spacial score (nSPS) is 21.0.